The molecule has 8 nitrogen and oxygen atoms in total. The van der Waals surface area contributed by atoms with Crippen molar-refractivity contribution in [2.75, 3.05) is 18.1 Å². The van der Waals surface area contributed by atoms with Crippen molar-refractivity contribution in [2.45, 2.75) is 63.3 Å². The van der Waals surface area contributed by atoms with E-state index in [1.807, 2.05) is 62.4 Å². The Labute approximate surface area is 228 Å². The van der Waals surface area contributed by atoms with Crippen LogP contribution in [0.25, 0.3) is 0 Å². The van der Waals surface area contributed by atoms with Gasteiger partial charge >= 0.3 is 5.97 Å². The zero-order valence-electron chi connectivity index (χ0n) is 22.7. The van der Waals surface area contributed by atoms with Gasteiger partial charge in [0.1, 0.15) is 11.6 Å². The van der Waals surface area contributed by atoms with E-state index in [1.165, 1.54) is 4.90 Å². The van der Waals surface area contributed by atoms with Crippen LogP contribution in [-0.4, -0.2) is 69.3 Å². The standard InChI is InChI=1S/C31H36N2O6/c1-5-16-32(25-19(2)10-9-11-20(25)3)28(36)26-31-15-14-30(4,39-31)24(29(37)38)23(31)27(35)33(26)22(18-34)17-21-12-7-6-8-13-21/h5-13,22-24,26,34H,1,14-18H2,2-4H3,(H,37,38)/t22-,23+,24+,26?,30-,31?/m1/s1. The first-order valence-corrected chi connectivity index (χ1v) is 13.5. The second-order valence-corrected chi connectivity index (χ2v) is 11.3. The summed E-state index contributed by atoms with van der Waals surface area (Å²) in [4.78, 5) is 44.6. The topological polar surface area (TPSA) is 107 Å². The highest BCUT2D eigenvalue weighted by molar-refractivity contribution is 6.05. The zero-order valence-corrected chi connectivity index (χ0v) is 22.7. The number of carboxylic acid groups (broad SMARTS) is 1. The van der Waals surface area contributed by atoms with Gasteiger partial charge in [0.05, 0.1) is 30.1 Å². The molecule has 2 aromatic rings. The van der Waals surface area contributed by atoms with Crippen molar-refractivity contribution in [3.63, 3.8) is 0 Å². The zero-order chi connectivity index (χ0) is 28.1. The number of amides is 2. The number of anilines is 1. The van der Waals surface area contributed by atoms with Crippen LogP contribution in [0, 0.1) is 25.7 Å². The van der Waals surface area contributed by atoms with Gasteiger partial charge in [-0.15, -0.1) is 6.58 Å². The summed E-state index contributed by atoms with van der Waals surface area (Å²) in [5.74, 6) is -4.00. The van der Waals surface area contributed by atoms with Gasteiger partial charge in [-0.2, -0.15) is 0 Å². The first-order chi connectivity index (χ1) is 18.6. The molecule has 6 atom stereocenters. The van der Waals surface area contributed by atoms with Crippen LogP contribution in [-0.2, 0) is 25.5 Å². The maximum Gasteiger partial charge on any atom is 0.310 e. The number of para-hydroxylation sites is 1. The van der Waals surface area contributed by atoms with Crippen molar-refractivity contribution < 1.29 is 29.3 Å². The second-order valence-electron chi connectivity index (χ2n) is 11.3. The van der Waals surface area contributed by atoms with Gasteiger partial charge in [-0.3, -0.25) is 14.4 Å². The highest BCUT2D eigenvalue weighted by atomic mass is 16.5. The van der Waals surface area contributed by atoms with Gasteiger partial charge < -0.3 is 24.7 Å². The Hall–Kier alpha value is -3.49. The number of carboxylic acids is 1. The summed E-state index contributed by atoms with van der Waals surface area (Å²) in [5, 5.41) is 20.8. The van der Waals surface area contributed by atoms with E-state index in [1.54, 1.807) is 17.9 Å². The number of aliphatic hydroxyl groups excluding tert-OH is 1. The summed E-state index contributed by atoms with van der Waals surface area (Å²) in [6, 6.07) is 13.4. The van der Waals surface area contributed by atoms with Crippen molar-refractivity contribution >= 4 is 23.5 Å². The molecule has 8 heteroatoms. The molecule has 2 N–H and O–H groups in total. The van der Waals surface area contributed by atoms with E-state index in [2.05, 4.69) is 6.58 Å². The smallest absolute Gasteiger partial charge is 0.310 e. The molecule has 0 aliphatic carbocycles. The lowest BCUT2D eigenvalue weighted by atomic mass is 9.66. The Kier molecular flexibility index (Phi) is 6.89. The Morgan fingerprint density at radius 2 is 1.82 bits per heavy atom. The van der Waals surface area contributed by atoms with Crippen LogP contribution in [0.2, 0.25) is 0 Å². The molecule has 0 aromatic heterocycles. The number of hydrogen-bond donors (Lipinski definition) is 2. The number of rotatable bonds is 9. The molecule has 206 valence electrons. The summed E-state index contributed by atoms with van der Waals surface area (Å²) in [6.45, 7) is 9.28. The average Bonchev–Trinajstić information content (AvgIpc) is 3.47. The Balaban J connectivity index is 1.66. The van der Waals surface area contributed by atoms with Crippen molar-refractivity contribution in [2.24, 2.45) is 11.8 Å². The molecule has 0 saturated carbocycles. The molecule has 39 heavy (non-hydrogen) atoms. The third-order valence-corrected chi connectivity index (χ3v) is 8.92. The maximum absolute atomic E-state index is 14.8. The SMILES string of the molecule is C=CCN(C(=O)C1N([C@@H](CO)Cc2ccccc2)C(=O)[C@@H]2[C@@H](C(=O)O)[C@@]3(C)CCC12O3)c1c(C)cccc1C. The van der Waals surface area contributed by atoms with E-state index >= 15 is 0 Å². The normalized spacial score (nSPS) is 29.8. The predicted octanol–water partition coefficient (Wildman–Crippen LogP) is 3.28. The van der Waals surface area contributed by atoms with Crippen LogP contribution in [0.3, 0.4) is 0 Å². The third kappa shape index (κ3) is 4.08. The molecular formula is C31H36N2O6. The molecule has 3 heterocycles. The minimum Gasteiger partial charge on any atom is -0.481 e. The largest absolute Gasteiger partial charge is 0.481 e. The van der Waals surface area contributed by atoms with Gasteiger partial charge in [-0.05, 0) is 56.7 Å². The maximum atomic E-state index is 14.8. The van der Waals surface area contributed by atoms with Crippen LogP contribution < -0.4 is 4.90 Å². The number of benzene rings is 2. The van der Waals surface area contributed by atoms with E-state index in [0.29, 0.717) is 19.3 Å². The molecule has 5 rings (SSSR count). The van der Waals surface area contributed by atoms with Gasteiger partial charge in [-0.1, -0.05) is 54.6 Å². The molecule has 3 aliphatic rings. The van der Waals surface area contributed by atoms with Crippen LogP contribution >= 0.6 is 0 Å². The molecular weight excluding hydrogens is 496 g/mol. The fraction of sp³-hybridized carbons (Fsp3) is 0.452. The van der Waals surface area contributed by atoms with E-state index in [-0.39, 0.29) is 19.1 Å². The molecule has 0 radical (unpaired) electrons. The minimum atomic E-state index is -1.30. The van der Waals surface area contributed by atoms with Crippen molar-refractivity contribution in [3.8, 4) is 0 Å². The van der Waals surface area contributed by atoms with Gasteiger partial charge in [0, 0.05) is 12.2 Å². The number of likely N-dealkylation sites (tertiary alicyclic amines) is 1. The molecule has 3 fully saturated rings. The monoisotopic (exact) mass is 532 g/mol. The molecule has 2 unspecified atom stereocenters. The molecule has 2 bridgehead atoms. The summed E-state index contributed by atoms with van der Waals surface area (Å²) in [5.41, 5.74) is 1.07. The first-order valence-electron chi connectivity index (χ1n) is 13.5. The number of aliphatic hydroxyl groups is 1. The fourth-order valence-electron chi connectivity index (χ4n) is 7.35. The number of nitrogens with zero attached hydrogens (tertiary/aromatic N) is 2. The predicted molar refractivity (Wildman–Crippen MR) is 146 cm³/mol. The second kappa shape index (κ2) is 9.92. The molecule has 3 saturated heterocycles. The van der Waals surface area contributed by atoms with Gasteiger partial charge in [-0.25, -0.2) is 0 Å². The van der Waals surface area contributed by atoms with E-state index in [9.17, 15) is 24.6 Å². The lowest BCUT2D eigenvalue weighted by Crippen LogP contribution is -2.59. The number of ether oxygens (including phenoxy) is 1. The minimum absolute atomic E-state index is 0.200. The van der Waals surface area contributed by atoms with Crippen molar-refractivity contribution in [3.05, 3.63) is 77.9 Å². The Morgan fingerprint density at radius 1 is 1.15 bits per heavy atom. The third-order valence-electron chi connectivity index (χ3n) is 8.92. The molecule has 2 amide bonds. The quantitative estimate of drug-likeness (QED) is 0.480. The van der Waals surface area contributed by atoms with Crippen LogP contribution in [0.15, 0.2) is 61.2 Å². The number of carbonyl (C=O) groups excluding carboxylic acids is 2. The summed E-state index contributed by atoms with van der Waals surface area (Å²) in [7, 11) is 0. The van der Waals surface area contributed by atoms with E-state index in [0.717, 1.165) is 22.4 Å². The Morgan fingerprint density at radius 3 is 2.41 bits per heavy atom. The van der Waals surface area contributed by atoms with Crippen molar-refractivity contribution in [1.29, 1.82) is 0 Å². The van der Waals surface area contributed by atoms with Crippen LogP contribution in [0.1, 0.15) is 36.5 Å². The number of aliphatic carboxylic acids is 1. The molecule has 2 aromatic carbocycles. The van der Waals surface area contributed by atoms with Gasteiger partial charge in [0.2, 0.25) is 5.91 Å². The highest BCUT2D eigenvalue weighted by Crippen LogP contribution is 2.63. The average molecular weight is 533 g/mol. The first kappa shape index (κ1) is 27.1. The summed E-state index contributed by atoms with van der Waals surface area (Å²) >= 11 is 0. The van der Waals surface area contributed by atoms with Crippen LogP contribution in [0.5, 0.6) is 0 Å². The lowest BCUT2D eigenvalue weighted by molar-refractivity contribution is -0.155. The van der Waals surface area contributed by atoms with Gasteiger partial charge in [0.15, 0.2) is 0 Å². The van der Waals surface area contributed by atoms with Gasteiger partial charge in [0.25, 0.3) is 5.91 Å². The molecule has 3 aliphatic heterocycles. The van der Waals surface area contributed by atoms with Crippen molar-refractivity contribution in [1.82, 2.24) is 4.90 Å². The number of hydrogen-bond acceptors (Lipinski definition) is 5. The summed E-state index contributed by atoms with van der Waals surface area (Å²) in [6.07, 6.45) is 2.77. The number of aryl methyl sites for hydroxylation is 2. The lowest BCUT2D eigenvalue weighted by Gasteiger charge is -2.40. The van der Waals surface area contributed by atoms with Crippen LogP contribution in [0.4, 0.5) is 5.69 Å². The van der Waals surface area contributed by atoms with E-state index in [4.69, 9.17) is 4.74 Å². The number of fused-ring (bicyclic) bond motifs is 1. The summed E-state index contributed by atoms with van der Waals surface area (Å²) < 4.78 is 6.55. The fourth-order valence-corrected chi connectivity index (χ4v) is 7.35. The Bertz CT molecular complexity index is 1290. The molecule has 1 spiro atoms. The van der Waals surface area contributed by atoms with E-state index < -0.39 is 47.0 Å². The number of carbonyl (C=O) groups is 3. The highest BCUT2D eigenvalue weighted by Gasteiger charge is 2.79.